The van der Waals surface area contributed by atoms with E-state index in [2.05, 4.69) is 14.7 Å². The summed E-state index contributed by atoms with van der Waals surface area (Å²) >= 11 is 0. The van der Waals surface area contributed by atoms with Gasteiger partial charge >= 0.3 is 0 Å². The van der Waals surface area contributed by atoms with E-state index >= 15 is 0 Å². The summed E-state index contributed by atoms with van der Waals surface area (Å²) in [5.74, 6) is -0.281. The number of aromatic nitrogens is 2. The Hall–Kier alpha value is -2.17. The van der Waals surface area contributed by atoms with Gasteiger partial charge in [0.2, 0.25) is 10.0 Å². The van der Waals surface area contributed by atoms with Crippen LogP contribution in [0.4, 0.5) is 0 Å². The van der Waals surface area contributed by atoms with Crippen LogP contribution in [0.2, 0.25) is 0 Å². The van der Waals surface area contributed by atoms with Gasteiger partial charge in [-0.05, 0) is 24.3 Å². The van der Waals surface area contributed by atoms with Crippen LogP contribution in [0.3, 0.4) is 0 Å². The van der Waals surface area contributed by atoms with E-state index in [4.69, 9.17) is 0 Å². The molecule has 0 atom stereocenters. The maximum absolute atomic E-state index is 12.3. The van der Waals surface area contributed by atoms with Gasteiger partial charge in [0.1, 0.15) is 15.4 Å². The zero-order valence-corrected chi connectivity index (χ0v) is 14.3. The molecule has 0 amide bonds. The average Bonchev–Trinajstić information content (AvgIpc) is 2.85. The van der Waals surface area contributed by atoms with E-state index in [9.17, 15) is 21.6 Å². The molecule has 0 saturated heterocycles. The van der Waals surface area contributed by atoms with Gasteiger partial charge in [-0.25, -0.2) is 21.6 Å². The number of hydrogen-bond acceptors (Lipinski definition) is 5. The number of nitrogens with one attached hydrogen (secondary N) is 3. The largest absolute Gasteiger partial charge is 0.350 e. The molecule has 0 aliphatic carbocycles. The fourth-order valence-corrected chi connectivity index (χ4v) is 4.09. The molecule has 2 heterocycles. The molecule has 3 N–H and O–H groups in total. The second kappa shape index (κ2) is 5.72. The number of hydrogen-bond donors (Lipinski definition) is 3. The van der Waals surface area contributed by atoms with E-state index in [0.29, 0.717) is 21.8 Å². The Morgan fingerprint density at radius 2 is 1.83 bits per heavy atom. The highest BCUT2D eigenvalue weighted by atomic mass is 32.2. The fraction of sp³-hybridized carbons (Fsp3) is 0.214. The van der Waals surface area contributed by atoms with Gasteiger partial charge in [-0.1, -0.05) is 0 Å². The van der Waals surface area contributed by atoms with Crippen LogP contribution in [-0.4, -0.2) is 45.4 Å². The lowest BCUT2D eigenvalue weighted by Gasteiger charge is -2.06. The third-order valence-corrected chi connectivity index (χ3v) is 5.98. The number of fused-ring (bicyclic) bond motifs is 3. The van der Waals surface area contributed by atoms with Crippen molar-refractivity contribution >= 4 is 41.7 Å². The Kier molecular flexibility index (Phi) is 3.98. The summed E-state index contributed by atoms with van der Waals surface area (Å²) in [6.07, 6.45) is 2.53. The molecule has 0 fully saturated rings. The first-order chi connectivity index (χ1) is 11.2. The molecule has 0 aliphatic rings. The summed E-state index contributed by atoms with van der Waals surface area (Å²) < 4.78 is 49.1. The van der Waals surface area contributed by atoms with Crippen molar-refractivity contribution in [1.29, 1.82) is 0 Å². The molecule has 0 bridgehead atoms. The quantitative estimate of drug-likeness (QED) is 0.597. The van der Waals surface area contributed by atoms with Crippen molar-refractivity contribution < 1.29 is 16.8 Å². The highest BCUT2D eigenvalue weighted by molar-refractivity contribution is 7.91. The smallest absolute Gasteiger partial charge is 0.272 e. The van der Waals surface area contributed by atoms with Crippen LogP contribution in [0.15, 0.2) is 40.2 Å². The lowest BCUT2D eigenvalue weighted by atomic mass is 10.2. The molecular formula is C14H15N3O5S2. The van der Waals surface area contributed by atoms with Crippen LogP contribution in [-0.2, 0) is 19.9 Å². The predicted molar refractivity (Wildman–Crippen MR) is 91.3 cm³/mol. The van der Waals surface area contributed by atoms with Gasteiger partial charge in [0.05, 0.1) is 10.6 Å². The highest BCUT2D eigenvalue weighted by Crippen LogP contribution is 2.25. The minimum Gasteiger partial charge on any atom is -0.350 e. The van der Waals surface area contributed by atoms with Crippen LogP contribution >= 0.6 is 0 Å². The van der Waals surface area contributed by atoms with Crippen molar-refractivity contribution in [2.24, 2.45) is 0 Å². The lowest BCUT2D eigenvalue weighted by Crippen LogP contribution is -2.28. The molecule has 128 valence electrons. The first-order valence-electron chi connectivity index (χ1n) is 6.98. The zero-order chi connectivity index (χ0) is 17.5. The van der Waals surface area contributed by atoms with Crippen molar-refractivity contribution in [3.8, 4) is 0 Å². The number of sulfone groups is 1. The third kappa shape index (κ3) is 3.21. The summed E-state index contributed by atoms with van der Waals surface area (Å²) in [5.41, 5.74) is 0.711. The summed E-state index contributed by atoms with van der Waals surface area (Å²) in [7, 11) is -7.10. The van der Waals surface area contributed by atoms with Crippen molar-refractivity contribution in [3.63, 3.8) is 0 Å². The fourth-order valence-electron chi connectivity index (χ4n) is 2.43. The molecule has 0 spiro atoms. The number of benzene rings is 1. The second-order valence-electron chi connectivity index (χ2n) is 5.46. The molecule has 10 heteroatoms. The molecular weight excluding hydrogens is 354 g/mol. The van der Waals surface area contributed by atoms with Gasteiger partial charge in [0, 0.05) is 35.3 Å². The second-order valence-corrected chi connectivity index (χ2v) is 9.48. The summed E-state index contributed by atoms with van der Waals surface area (Å²) in [6, 6.07) is 6.11. The van der Waals surface area contributed by atoms with Crippen LogP contribution < -0.4 is 10.3 Å². The number of H-pyrrole nitrogens is 2. The average molecular weight is 369 g/mol. The van der Waals surface area contributed by atoms with Crippen LogP contribution in [0.5, 0.6) is 0 Å². The predicted octanol–water partition coefficient (Wildman–Crippen LogP) is 0.332. The number of pyridine rings is 1. The Morgan fingerprint density at radius 1 is 1.08 bits per heavy atom. The minimum absolute atomic E-state index is 0.00434. The first kappa shape index (κ1) is 16.7. The van der Waals surface area contributed by atoms with Gasteiger partial charge < -0.3 is 9.97 Å². The molecule has 3 rings (SSSR count). The Bertz CT molecular complexity index is 1190. The van der Waals surface area contributed by atoms with Crippen LogP contribution in [0.25, 0.3) is 21.8 Å². The van der Waals surface area contributed by atoms with E-state index in [-0.39, 0.29) is 22.8 Å². The maximum atomic E-state index is 12.3. The zero-order valence-electron chi connectivity index (χ0n) is 12.7. The molecule has 2 aromatic heterocycles. The molecule has 0 aliphatic heterocycles. The van der Waals surface area contributed by atoms with Gasteiger partial charge in [-0.3, -0.25) is 4.79 Å². The Balaban J connectivity index is 2.02. The maximum Gasteiger partial charge on any atom is 0.272 e. The van der Waals surface area contributed by atoms with Crippen molar-refractivity contribution in [1.82, 2.24) is 14.7 Å². The van der Waals surface area contributed by atoms with E-state index in [0.717, 1.165) is 6.26 Å². The molecule has 0 unspecified atom stereocenters. The summed E-state index contributed by atoms with van der Waals surface area (Å²) in [6.45, 7) is -0.202. The standard InChI is InChI=1S/C14H15N3O5S2/c1-23(19,20)7-6-16-24(21,22)9-2-3-12-11(8-9)10-4-5-15-14(18)13(10)17-12/h2-5,8,16-17H,6-7H2,1H3,(H,15,18). The summed E-state index contributed by atoms with van der Waals surface area (Å²) in [5, 5.41) is 1.21. The van der Waals surface area contributed by atoms with E-state index in [1.165, 1.54) is 18.3 Å². The van der Waals surface area contributed by atoms with E-state index in [1.54, 1.807) is 12.1 Å². The van der Waals surface area contributed by atoms with Crippen molar-refractivity contribution in [2.45, 2.75) is 4.90 Å². The van der Waals surface area contributed by atoms with Crippen molar-refractivity contribution in [2.75, 3.05) is 18.6 Å². The number of sulfonamides is 1. The minimum atomic E-state index is -3.85. The first-order valence-corrected chi connectivity index (χ1v) is 10.5. The summed E-state index contributed by atoms with van der Waals surface area (Å²) in [4.78, 5) is 17.3. The van der Waals surface area contributed by atoms with Crippen LogP contribution in [0, 0.1) is 0 Å². The highest BCUT2D eigenvalue weighted by Gasteiger charge is 2.17. The lowest BCUT2D eigenvalue weighted by molar-refractivity contribution is 0.582. The molecule has 8 nitrogen and oxygen atoms in total. The monoisotopic (exact) mass is 369 g/mol. The van der Waals surface area contributed by atoms with Crippen molar-refractivity contribution in [3.05, 3.63) is 40.8 Å². The third-order valence-electron chi connectivity index (χ3n) is 3.58. The Morgan fingerprint density at radius 3 is 2.54 bits per heavy atom. The van der Waals surface area contributed by atoms with Crippen LogP contribution in [0.1, 0.15) is 0 Å². The molecule has 0 radical (unpaired) electrons. The Labute approximate surface area is 137 Å². The van der Waals surface area contributed by atoms with E-state index < -0.39 is 19.9 Å². The molecule has 1 aromatic carbocycles. The SMILES string of the molecule is CS(=O)(=O)CCNS(=O)(=O)c1ccc2[nH]c3c(=O)[nH]ccc3c2c1. The van der Waals surface area contributed by atoms with E-state index in [1.807, 2.05) is 0 Å². The van der Waals surface area contributed by atoms with Gasteiger partial charge in [0.15, 0.2) is 0 Å². The van der Waals surface area contributed by atoms with Gasteiger partial charge in [-0.2, -0.15) is 0 Å². The molecule has 0 saturated carbocycles. The molecule has 24 heavy (non-hydrogen) atoms. The number of rotatable bonds is 5. The van der Waals surface area contributed by atoms with Gasteiger partial charge in [0.25, 0.3) is 5.56 Å². The molecule has 3 aromatic rings. The normalized spacial score (nSPS) is 12.9. The van der Waals surface area contributed by atoms with Gasteiger partial charge in [-0.15, -0.1) is 0 Å². The topological polar surface area (TPSA) is 129 Å². The number of aromatic amines is 2.